The zero-order valence-corrected chi connectivity index (χ0v) is 13.7. The van der Waals surface area contributed by atoms with Gasteiger partial charge < -0.3 is 19.5 Å². The minimum Gasteiger partial charge on any atom is -0.493 e. The number of amides is 1. The number of aromatic nitrogens is 2. The first-order valence-corrected chi connectivity index (χ1v) is 7.23. The van der Waals surface area contributed by atoms with Crippen LogP contribution in [0.1, 0.15) is 12.6 Å². The number of anilines is 1. The molecule has 0 saturated carbocycles. The van der Waals surface area contributed by atoms with Crippen LogP contribution in [0.15, 0.2) is 18.2 Å². The highest BCUT2D eigenvalue weighted by Crippen LogP contribution is 2.35. The quantitative estimate of drug-likeness (QED) is 0.817. The Labute approximate surface area is 134 Å². The molecular formula is C16H21N3O4. The Bertz CT molecular complexity index is 682. The molecule has 0 aliphatic heterocycles. The highest BCUT2D eigenvalue weighted by atomic mass is 16.5. The number of aromatic amines is 1. The molecule has 0 saturated heterocycles. The fourth-order valence-corrected chi connectivity index (χ4v) is 2.27. The zero-order valence-electron chi connectivity index (χ0n) is 13.7. The molecule has 0 bridgehead atoms. The van der Waals surface area contributed by atoms with Gasteiger partial charge in [0.25, 0.3) is 0 Å². The van der Waals surface area contributed by atoms with Gasteiger partial charge in [0.15, 0.2) is 11.5 Å². The van der Waals surface area contributed by atoms with E-state index in [1.165, 1.54) is 7.11 Å². The third-order valence-electron chi connectivity index (χ3n) is 3.39. The van der Waals surface area contributed by atoms with E-state index in [9.17, 15) is 4.79 Å². The molecule has 0 unspecified atom stereocenters. The molecule has 1 amide bonds. The van der Waals surface area contributed by atoms with Crippen LogP contribution in [-0.4, -0.2) is 44.0 Å². The van der Waals surface area contributed by atoms with E-state index in [-0.39, 0.29) is 12.5 Å². The van der Waals surface area contributed by atoms with Crippen LogP contribution in [0.4, 0.5) is 5.69 Å². The van der Waals surface area contributed by atoms with Crippen molar-refractivity contribution in [3.8, 4) is 22.8 Å². The summed E-state index contributed by atoms with van der Waals surface area (Å²) in [7, 11) is 4.63. The molecule has 1 aromatic carbocycles. The van der Waals surface area contributed by atoms with Gasteiger partial charge in [0, 0.05) is 12.7 Å². The summed E-state index contributed by atoms with van der Waals surface area (Å²) in [6.45, 7) is 1.97. The van der Waals surface area contributed by atoms with Crippen LogP contribution < -0.4 is 14.8 Å². The van der Waals surface area contributed by atoms with Gasteiger partial charge in [-0.1, -0.05) is 6.92 Å². The molecule has 7 nitrogen and oxygen atoms in total. The van der Waals surface area contributed by atoms with E-state index in [4.69, 9.17) is 14.2 Å². The second-order valence-corrected chi connectivity index (χ2v) is 4.83. The molecule has 7 heteroatoms. The number of hydrogen-bond donors (Lipinski definition) is 2. The summed E-state index contributed by atoms with van der Waals surface area (Å²) >= 11 is 0. The van der Waals surface area contributed by atoms with E-state index in [0.29, 0.717) is 29.3 Å². The van der Waals surface area contributed by atoms with E-state index >= 15 is 0 Å². The van der Waals surface area contributed by atoms with Crippen molar-refractivity contribution in [2.24, 2.45) is 0 Å². The van der Waals surface area contributed by atoms with E-state index < -0.39 is 0 Å². The molecule has 1 heterocycles. The predicted octanol–water partition coefficient (Wildman–Crippen LogP) is 2.24. The molecule has 2 aromatic rings. The molecule has 124 valence electrons. The summed E-state index contributed by atoms with van der Waals surface area (Å²) in [4.78, 5) is 11.9. The van der Waals surface area contributed by atoms with E-state index in [1.54, 1.807) is 20.3 Å². The number of carbonyl (C=O) groups is 1. The van der Waals surface area contributed by atoms with Gasteiger partial charge in [-0.2, -0.15) is 5.10 Å². The molecule has 23 heavy (non-hydrogen) atoms. The fraction of sp³-hybridized carbons (Fsp3) is 0.375. The molecule has 2 rings (SSSR count). The first-order chi connectivity index (χ1) is 11.1. The maximum Gasteiger partial charge on any atom is 0.250 e. The molecule has 0 atom stereocenters. The van der Waals surface area contributed by atoms with Crippen LogP contribution in [0.5, 0.6) is 11.5 Å². The maximum absolute atomic E-state index is 11.9. The number of hydrogen-bond acceptors (Lipinski definition) is 5. The van der Waals surface area contributed by atoms with Crippen LogP contribution in [-0.2, 0) is 16.0 Å². The SMILES string of the molecule is CCc1[nH]nc(-c2ccc(OC)c(OC)c2)c1NC(=O)COC. The minimum atomic E-state index is -0.231. The lowest BCUT2D eigenvalue weighted by molar-refractivity contribution is -0.119. The third kappa shape index (κ3) is 3.62. The van der Waals surface area contributed by atoms with Crippen LogP contribution in [0, 0.1) is 0 Å². The number of benzene rings is 1. The normalized spacial score (nSPS) is 10.4. The second-order valence-electron chi connectivity index (χ2n) is 4.83. The molecule has 1 aromatic heterocycles. The van der Waals surface area contributed by atoms with Crippen LogP contribution in [0.2, 0.25) is 0 Å². The van der Waals surface area contributed by atoms with Gasteiger partial charge in [0.2, 0.25) is 5.91 Å². The zero-order chi connectivity index (χ0) is 16.8. The number of aryl methyl sites for hydroxylation is 1. The number of ether oxygens (including phenoxy) is 3. The lowest BCUT2D eigenvalue weighted by Gasteiger charge is -2.10. The maximum atomic E-state index is 11.9. The number of H-pyrrole nitrogens is 1. The average molecular weight is 319 g/mol. The molecule has 0 radical (unpaired) electrons. The average Bonchev–Trinajstić information content (AvgIpc) is 2.96. The molecule has 0 spiro atoms. The summed E-state index contributed by atoms with van der Waals surface area (Å²) in [6, 6.07) is 5.48. The van der Waals surface area contributed by atoms with Gasteiger partial charge in [0.1, 0.15) is 12.3 Å². The first-order valence-electron chi connectivity index (χ1n) is 7.23. The highest BCUT2D eigenvalue weighted by Gasteiger charge is 2.17. The summed E-state index contributed by atoms with van der Waals surface area (Å²) in [5, 5.41) is 10.1. The minimum absolute atomic E-state index is 0.0142. The van der Waals surface area contributed by atoms with E-state index in [2.05, 4.69) is 15.5 Å². The number of methoxy groups -OCH3 is 3. The van der Waals surface area contributed by atoms with Crippen molar-refractivity contribution < 1.29 is 19.0 Å². The van der Waals surface area contributed by atoms with Crippen molar-refractivity contribution >= 4 is 11.6 Å². The molecule has 0 aliphatic rings. The number of carbonyl (C=O) groups excluding carboxylic acids is 1. The molecular weight excluding hydrogens is 298 g/mol. The topological polar surface area (TPSA) is 85.5 Å². The van der Waals surface area contributed by atoms with Crippen molar-refractivity contribution in [1.82, 2.24) is 10.2 Å². The van der Waals surface area contributed by atoms with Gasteiger partial charge in [-0.3, -0.25) is 9.89 Å². The van der Waals surface area contributed by atoms with Crippen molar-refractivity contribution in [2.75, 3.05) is 33.3 Å². The Hall–Kier alpha value is -2.54. The fourth-order valence-electron chi connectivity index (χ4n) is 2.27. The summed E-state index contributed by atoms with van der Waals surface area (Å²) in [5.74, 6) is 0.998. The van der Waals surface area contributed by atoms with Gasteiger partial charge in [-0.25, -0.2) is 0 Å². The lowest BCUT2D eigenvalue weighted by atomic mass is 10.1. The number of nitrogens with one attached hydrogen (secondary N) is 2. The van der Waals surface area contributed by atoms with Crippen molar-refractivity contribution in [3.05, 3.63) is 23.9 Å². The Kier molecular flexibility index (Phi) is 5.59. The van der Waals surface area contributed by atoms with Gasteiger partial charge in [-0.05, 0) is 24.6 Å². The number of nitrogens with zero attached hydrogens (tertiary/aromatic N) is 1. The van der Waals surface area contributed by atoms with Crippen LogP contribution in [0.3, 0.4) is 0 Å². The molecule has 2 N–H and O–H groups in total. The van der Waals surface area contributed by atoms with Gasteiger partial charge in [0.05, 0.1) is 25.6 Å². The highest BCUT2D eigenvalue weighted by molar-refractivity contribution is 5.96. The Morgan fingerprint density at radius 1 is 1.22 bits per heavy atom. The van der Waals surface area contributed by atoms with Gasteiger partial charge in [-0.15, -0.1) is 0 Å². The Balaban J connectivity index is 2.43. The van der Waals surface area contributed by atoms with Crippen molar-refractivity contribution in [1.29, 1.82) is 0 Å². The summed E-state index contributed by atoms with van der Waals surface area (Å²) < 4.78 is 15.4. The van der Waals surface area contributed by atoms with E-state index in [1.807, 2.05) is 19.1 Å². The van der Waals surface area contributed by atoms with Crippen LogP contribution in [0.25, 0.3) is 11.3 Å². The summed E-state index contributed by atoms with van der Waals surface area (Å²) in [5.41, 5.74) is 2.96. The summed E-state index contributed by atoms with van der Waals surface area (Å²) in [6.07, 6.45) is 0.711. The van der Waals surface area contributed by atoms with Crippen LogP contribution >= 0.6 is 0 Å². The molecule has 0 aliphatic carbocycles. The van der Waals surface area contributed by atoms with Crippen molar-refractivity contribution in [3.63, 3.8) is 0 Å². The lowest BCUT2D eigenvalue weighted by Crippen LogP contribution is -2.18. The number of rotatable bonds is 7. The smallest absolute Gasteiger partial charge is 0.250 e. The Morgan fingerprint density at radius 2 is 1.96 bits per heavy atom. The second kappa shape index (κ2) is 7.64. The first kappa shape index (κ1) is 16.8. The van der Waals surface area contributed by atoms with Crippen molar-refractivity contribution in [2.45, 2.75) is 13.3 Å². The largest absolute Gasteiger partial charge is 0.493 e. The Morgan fingerprint density at radius 3 is 2.57 bits per heavy atom. The monoisotopic (exact) mass is 319 g/mol. The van der Waals surface area contributed by atoms with Gasteiger partial charge >= 0.3 is 0 Å². The predicted molar refractivity (Wildman–Crippen MR) is 87.0 cm³/mol. The van der Waals surface area contributed by atoms with E-state index in [0.717, 1.165) is 11.3 Å². The standard InChI is InChI=1S/C16H21N3O4/c1-5-11-16(17-14(20)9-21-2)15(19-18-11)10-6-7-12(22-3)13(8-10)23-4/h6-8H,5,9H2,1-4H3,(H,17,20)(H,18,19). The molecule has 0 fully saturated rings. The third-order valence-corrected chi connectivity index (χ3v) is 3.39.